The van der Waals surface area contributed by atoms with Crippen LogP contribution in [0, 0.1) is 5.21 Å². The summed E-state index contributed by atoms with van der Waals surface area (Å²) in [5.74, 6) is 0. The second kappa shape index (κ2) is 12.0. The first-order valence-electron chi connectivity index (χ1n) is 6.38. The van der Waals surface area contributed by atoms with Crippen LogP contribution in [0.4, 0.5) is 0 Å². The fraction of sp³-hybridized carbons (Fsp3) is 1.00. The van der Waals surface area contributed by atoms with Crippen LogP contribution in [0.15, 0.2) is 0 Å². The Balaban J connectivity index is 3.06. The summed E-state index contributed by atoms with van der Waals surface area (Å²) in [5.41, 5.74) is 0. The van der Waals surface area contributed by atoms with Crippen molar-refractivity contribution in [3.63, 3.8) is 0 Å². The highest BCUT2D eigenvalue weighted by Gasteiger charge is 1.93. The summed E-state index contributed by atoms with van der Waals surface area (Å²) in [7, 11) is 0. The highest BCUT2D eigenvalue weighted by atomic mass is 16.9. The minimum atomic E-state index is 0.517. The lowest BCUT2D eigenvalue weighted by atomic mass is 10.2. The predicted octanol–water partition coefficient (Wildman–Crippen LogP) is 3.88. The van der Waals surface area contributed by atoms with E-state index in [1.807, 2.05) is 0 Å². The van der Waals surface area contributed by atoms with E-state index in [1.54, 1.807) is 0 Å². The minimum absolute atomic E-state index is 0.517. The zero-order valence-electron chi connectivity index (χ0n) is 10.3. The summed E-state index contributed by atoms with van der Waals surface area (Å²) in [4.78, 5) is 5.05. The van der Waals surface area contributed by atoms with Gasteiger partial charge in [-0.15, -0.1) is 0 Å². The van der Waals surface area contributed by atoms with Gasteiger partial charge in [-0.25, -0.2) is 0 Å². The van der Waals surface area contributed by atoms with Gasteiger partial charge in [0.2, 0.25) is 0 Å². The lowest BCUT2D eigenvalue weighted by molar-refractivity contribution is -0.122. The van der Waals surface area contributed by atoms with E-state index in [0.717, 1.165) is 30.9 Å². The normalized spacial score (nSPS) is 11.2. The molecule has 0 heterocycles. The first kappa shape index (κ1) is 14.9. The molecule has 0 N–H and O–H groups in total. The van der Waals surface area contributed by atoms with Crippen molar-refractivity contribution < 1.29 is 4.84 Å². The Hall–Kier alpha value is -0.120. The molecule has 0 saturated carbocycles. The zero-order valence-corrected chi connectivity index (χ0v) is 10.3. The van der Waals surface area contributed by atoms with Gasteiger partial charge in [0.05, 0.1) is 6.61 Å². The number of nitrogens with zero attached hydrogens (tertiary/aromatic N) is 1. The van der Waals surface area contributed by atoms with E-state index in [2.05, 4.69) is 13.8 Å². The summed E-state index contributed by atoms with van der Waals surface area (Å²) in [6.07, 6.45) is 9.18. The van der Waals surface area contributed by atoms with Crippen molar-refractivity contribution in [3.8, 4) is 0 Å². The molecule has 0 aliphatic carbocycles. The fourth-order valence-corrected chi connectivity index (χ4v) is 1.43. The molecule has 0 aromatic rings. The van der Waals surface area contributed by atoms with Crippen molar-refractivity contribution in [2.24, 2.45) is 0 Å². The maximum absolute atomic E-state index is 11.1. The maximum atomic E-state index is 11.1. The molecule has 3 heteroatoms. The average Bonchev–Trinajstić information content (AvgIpc) is 2.23. The van der Waals surface area contributed by atoms with Crippen LogP contribution in [0.25, 0.3) is 0 Å². The van der Waals surface area contributed by atoms with Crippen molar-refractivity contribution in [1.29, 1.82) is 0 Å². The highest BCUT2D eigenvalue weighted by molar-refractivity contribution is 4.46. The molecule has 15 heavy (non-hydrogen) atoms. The third-order valence-electron chi connectivity index (χ3n) is 2.43. The van der Waals surface area contributed by atoms with Gasteiger partial charge in [-0.05, 0) is 12.8 Å². The summed E-state index contributed by atoms with van der Waals surface area (Å²) in [6.45, 7) is 5.43. The van der Waals surface area contributed by atoms with Gasteiger partial charge in [0.1, 0.15) is 0 Å². The predicted molar refractivity (Wildman–Crippen MR) is 64.3 cm³/mol. The Morgan fingerprint density at radius 3 is 2.13 bits per heavy atom. The minimum Gasteiger partial charge on any atom is -0.762 e. The summed E-state index contributed by atoms with van der Waals surface area (Å²) in [5, 5.41) is 11.8. The number of unbranched alkanes of at least 4 members (excludes halogenated alkanes) is 6. The highest BCUT2D eigenvalue weighted by Crippen LogP contribution is 2.03. The topological polar surface area (TPSA) is 35.5 Å². The van der Waals surface area contributed by atoms with E-state index in [9.17, 15) is 5.21 Å². The smallest absolute Gasteiger partial charge is 0.0673 e. The summed E-state index contributed by atoms with van der Waals surface area (Å²) < 4.78 is 0. The SMILES string of the molecule is CCCCCCCON([O-])CCCCC. The lowest BCUT2D eigenvalue weighted by Gasteiger charge is -2.26. The molecular formula is C12H26NO2-. The van der Waals surface area contributed by atoms with Crippen molar-refractivity contribution in [3.05, 3.63) is 5.21 Å². The van der Waals surface area contributed by atoms with Crippen LogP contribution in [0.3, 0.4) is 0 Å². The van der Waals surface area contributed by atoms with Gasteiger partial charge >= 0.3 is 0 Å². The van der Waals surface area contributed by atoms with Gasteiger partial charge in [-0.2, -0.15) is 0 Å². The van der Waals surface area contributed by atoms with Crippen molar-refractivity contribution in [2.45, 2.75) is 65.2 Å². The summed E-state index contributed by atoms with van der Waals surface area (Å²) in [6, 6.07) is 0. The van der Waals surface area contributed by atoms with E-state index < -0.39 is 0 Å². The van der Waals surface area contributed by atoms with Gasteiger partial charge in [-0.3, -0.25) is 5.23 Å². The molecule has 0 spiro atoms. The molecule has 3 nitrogen and oxygen atoms in total. The molecule has 0 radical (unpaired) electrons. The average molecular weight is 216 g/mol. The Bertz CT molecular complexity index is 120. The molecule has 0 fully saturated rings. The maximum Gasteiger partial charge on any atom is 0.0673 e. The van der Waals surface area contributed by atoms with E-state index in [4.69, 9.17) is 4.84 Å². The van der Waals surface area contributed by atoms with Gasteiger partial charge < -0.3 is 10.0 Å². The second-order valence-electron chi connectivity index (χ2n) is 4.01. The Kier molecular flexibility index (Phi) is 11.9. The van der Waals surface area contributed by atoms with Crippen molar-refractivity contribution >= 4 is 0 Å². The van der Waals surface area contributed by atoms with E-state index in [1.165, 1.54) is 25.7 Å². The fourth-order valence-electron chi connectivity index (χ4n) is 1.43. The largest absolute Gasteiger partial charge is 0.762 e. The summed E-state index contributed by atoms with van der Waals surface area (Å²) >= 11 is 0. The van der Waals surface area contributed by atoms with Gasteiger partial charge in [0, 0.05) is 6.54 Å². The molecule has 0 saturated heterocycles. The third kappa shape index (κ3) is 11.8. The molecule has 0 aliphatic rings. The molecule has 0 bridgehead atoms. The second-order valence-corrected chi connectivity index (χ2v) is 4.01. The molecule has 0 amide bonds. The number of hydrogen-bond acceptors (Lipinski definition) is 3. The molecule has 0 aromatic carbocycles. The van der Waals surface area contributed by atoms with Crippen LogP contribution in [0.2, 0.25) is 0 Å². The zero-order chi connectivity index (χ0) is 11.4. The molecule has 0 unspecified atom stereocenters. The molecule has 0 aromatic heterocycles. The first-order valence-corrected chi connectivity index (χ1v) is 6.38. The van der Waals surface area contributed by atoms with Crippen LogP contribution in [-0.4, -0.2) is 18.4 Å². The Labute approximate surface area is 94.3 Å². The molecule has 0 atom stereocenters. The number of hydrogen-bond donors (Lipinski definition) is 0. The van der Waals surface area contributed by atoms with Crippen molar-refractivity contribution in [2.75, 3.05) is 13.2 Å². The Morgan fingerprint density at radius 2 is 1.47 bits per heavy atom. The van der Waals surface area contributed by atoms with Crippen LogP contribution in [0.5, 0.6) is 0 Å². The van der Waals surface area contributed by atoms with E-state index >= 15 is 0 Å². The van der Waals surface area contributed by atoms with Crippen LogP contribution < -0.4 is 0 Å². The monoisotopic (exact) mass is 216 g/mol. The third-order valence-corrected chi connectivity index (χ3v) is 2.43. The van der Waals surface area contributed by atoms with Crippen LogP contribution in [0.1, 0.15) is 65.2 Å². The van der Waals surface area contributed by atoms with Gasteiger partial charge in [0.25, 0.3) is 0 Å². The van der Waals surface area contributed by atoms with E-state index in [0.29, 0.717) is 13.2 Å². The standard InChI is InChI=1S/C12H26NO2/c1-3-5-7-8-10-12-15-13(14)11-9-6-4-2/h3-12H2,1-2H3/q-1. The molecule has 0 aliphatic heterocycles. The number of rotatable bonds is 11. The lowest BCUT2D eigenvalue weighted by Crippen LogP contribution is -2.18. The first-order chi connectivity index (χ1) is 7.31. The molecular weight excluding hydrogens is 190 g/mol. The quantitative estimate of drug-likeness (QED) is 0.388. The van der Waals surface area contributed by atoms with Crippen LogP contribution >= 0.6 is 0 Å². The number of hydroxylamine groups is 2. The van der Waals surface area contributed by atoms with E-state index in [-0.39, 0.29) is 0 Å². The van der Waals surface area contributed by atoms with Crippen molar-refractivity contribution in [1.82, 2.24) is 5.23 Å². The van der Waals surface area contributed by atoms with Gasteiger partial charge in [-0.1, -0.05) is 52.4 Å². The molecule has 92 valence electrons. The van der Waals surface area contributed by atoms with Crippen LogP contribution in [-0.2, 0) is 4.84 Å². The molecule has 0 rings (SSSR count). The Morgan fingerprint density at radius 1 is 0.867 bits per heavy atom. The van der Waals surface area contributed by atoms with Gasteiger partial charge in [0.15, 0.2) is 0 Å².